The Balaban J connectivity index is 2.26. The number of nitrogens with zero attached hydrogens (tertiary/aromatic N) is 1. The standard InChI is InChI=1S/C11H15F2N3O/c12-8-5-9(13)7-10(6-8)15-4-2-1-3-11(14)16-17/h5-7,15,17H,1-4H2,(H2,14,16). The molecule has 0 atom stereocenters. The van der Waals surface area contributed by atoms with Gasteiger partial charge in [0.25, 0.3) is 0 Å². The van der Waals surface area contributed by atoms with Gasteiger partial charge in [0.15, 0.2) is 0 Å². The third-order valence-electron chi connectivity index (χ3n) is 2.18. The van der Waals surface area contributed by atoms with E-state index in [0.717, 1.165) is 18.9 Å². The molecular formula is C11H15F2N3O. The van der Waals surface area contributed by atoms with Crippen LogP contribution in [0.15, 0.2) is 23.4 Å². The van der Waals surface area contributed by atoms with Crippen LogP contribution in [-0.2, 0) is 0 Å². The molecule has 1 aromatic rings. The van der Waals surface area contributed by atoms with Crippen molar-refractivity contribution >= 4 is 11.5 Å². The Morgan fingerprint density at radius 1 is 1.24 bits per heavy atom. The van der Waals surface area contributed by atoms with Crippen LogP contribution in [-0.4, -0.2) is 17.6 Å². The molecule has 0 amide bonds. The molecule has 0 bridgehead atoms. The molecule has 0 aliphatic carbocycles. The Kier molecular flexibility index (Phi) is 5.19. The predicted octanol–water partition coefficient (Wildman–Crippen LogP) is 2.29. The van der Waals surface area contributed by atoms with Gasteiger partial charge in [-0.15, -0.1) is 0 Å². The summed E-state index contributed by atoms with van der Waals surface area (Å²) in [5.41, 5.74) is 5.70. The van der Waals surface area contributed by atoms with E-state index >= 15 is 0 Å². The van der Waals surface area contributed by atoms with Crippen molar-refractivity contribution in [2.45, 2.75) is 19.3 Å². The lowest BCUT2D eigenvalue weighted by Crippen LogP contribution is -2.11. The fourth-order valence-corrected chi connectivity index (χ4v) is 1.37. The predicted molar refractivity (Wildman–Crippen MR) is 62.1 cm³/mol. The van der Waals surface area contributed by atoms with Crippen LogP contribution in [0, 0.1) is 11.6 Å². The van der Waals surface area contributed by atoms with Gasteiger partial charge in [-0.1, -0.05) is 5.16 Å². The highest BCUT2D eigenvalue weighted by Crippen LogP contribution is 2.12. The summed E-state index contributed by atoms with van der Waals surface area (Å²) in [6, 6.07) is 3.28. The summed E-state index contributed by atoms with van der Waals surface area (Å²) in [7, 11) is 0. The van der Waals surface area contributed by atoms with E-state index < -0.39 is 11.6 Å². The molecule has 1 rings (SSSR count). The summed E-state index contributed by atoms with van der Waals surface area (Å²) in [4.78, 5) is 0. The lowest BCUT2D eigenvalue weighted by atomic mass is 10.2. The van der Waals surface area contributed by atoms with Gasteiger partial charge < -0.3 is 16.3 Å². The van der Waals surface area contributed by atoms with Gasteiger partial charge in [-0.3, -0.25) is 0 Å². The topological polar surface area (TPSA) is 70.6 Å². The zero-order chi connectivity index (χ0) is 12.7. The number of nitrogens with two attached hydrogens (primary N) is 1. The zero-order valence-electron chi connectivity index (χ0n) is 9.29. The Hall–Kier alpha value is -1.85. The molecule has 0 unspecified atom stereocenters. The average Bonchev–Trinajstić information content (AvgIpc) is 2.27. The minimum Gasteiger partial charge on any atom is -0.409 e. The van der Waals surface area contributed by atoms with Crippen LogP contribution < -0.4 is 11.1 Å². The van der Waals surface area contributed by atoms with Crippen molar-refractivity contribution in [1.82, 2.24) is 0 Å². The Bertz CT molecular complexity index is 376. The summed E-state index contributed by atoms with van der Waals surface area (Å²) < 4.78 is 25.6. The number of benzene rings is 1. The molecule has 4 nitrogen and oxygen atoms in total. The number of rotatable bonds is 6. The first-order chi connectivity index (χ1) is 8.11. The molecule has 0 spiro atoms. The number of unbranched alkanes of at least 4 members (excludes halogenated alkanes) is 1. The van der Waals surface area contributed by atoms with Crippen molar-refractivity contribution in [2.24, 2.45) is 10.9 Å². The number of amidine groups is 1. The van der Waals surface area contributed by atoms with Gasteiger partial charge in [0, 0.05) is 24.7 Å². The fraction of sp³-hybridized carbons (Fsp3) is 0.364. The number of anilines is 1. The first kappa shape index (κ1) is 13.2. The second-order valence-corrected chi connectivity index (χ2v) is 3.63. The van der Waals surface area contributed by atoms with Crippen molar-refractivity contribution in [1.29, 1.82) is 0 Å². The van der Waals surface area contributed by atoms with Gasteiger partial charge in [-0.25, -0.2) is 8.78 Å². The highest BCUT2D eigenvalue weighted by Gasteiger charge is 2.00. The van der Waals surface area contributed by atoms with Gasteiger partial charge >= 0.3 is 0 Å². The number of halogens is 2. The Morgan fingerprint density at radius 3 is 2.47 bits per heavy atom. The zero-order valence-corrected chi connectivity index (χ0v) is 9.29. The maximum atomic E-state index is 12.8. The molecule has 0 saturated heterocycles. The highest BCUT2D eigenvalue weighted by molar-refractivity contribution is 5.79. The maximum Gasteiger partial charge on any atom is 0.139 e. The molecular weight excluding hydrogens is 228 g/mol. The molecule has 0 heterocycles. The molecule has 0 aliphatic heterocycles. The smallest absolute Gasteiger partial charge is 0.139 e. The molecule has 94 valence electrons. The van der Waals surface area contributed by atoms with Gasteiger partial charge in [0.1, 0.15) is 17.5 Å². The van der Waals surface area contributed by atoms with Crippen LogP contribution in [0.1, 0.15) is 19.3 Å². The van der Waals surface area contributed by atoms with E-state index in [0.29, 0.717) is 18.7 Å². The van der Waals surface area contributed by atoms with E-state index in [1.165, 1.54) is 12.1 Å². The first-order valence-electron chi connectivity index (χ1n) is 5.28. The number of oxime groups is 1. The molecule has 17 heavy (non-hydrogen) atoms. The van der Waals surface area contributed by atoms with Gasteiger partial charge in [0.05, 0.1) is 0 Å². The first-order valence-corrected chi connectivity index (χ1v) is 5.28. The summed E-state index contributed by atoms with van der Waals surface area (Å²) in [6.07, 6.45) is 1.99. The molecule has 0 aliphatic rings. The normalized spacial score (nSPS) is 11.5. The number of hydrogen-bond donors (Lipinski definition) is 3. The van der Waals surface area contributed by atoms with Crippen LogP contribution in [0.3, 0.4) is 0 Å². The van der Waals surface area contributed by atoms with Crippen LogP contribution in [0.4, 0.5) is 14.5 Å². The third-order valence-corrected chi connectivity index (χ3v) is 2.18. The molecule has 0 radical (unpaired) electrons. The third kappa shape index (κ3) is 5.14. The largest absolute Gasteiger partial charge is 0.409 e. The number of hydrogen-bond acceptors (Lipinski definition) is 3. The lowest BCUT2D eigenvalue weighted by molar-refractivity contribution is 0.316. The molecule has 4 N–H and O–H groups in total. The second-order valence-electron chi connectivity index (χ2n) is 3.63. The summed E-state index contributed by atoms with van der Waals surface area (Å²) in [5.74, 6) is -1.03. The van der Waals surface area contributed by atoms with Crippen molar-refractivity contribution < 1.29 is 14.0 Å². The lowest BCUT2D eigenvalue weighted by Gasteiger charge is -2.06. The van der Waals surface area contributed by atoms with E-state index in [2.05, 4.69) is 10.5 Å². The molecule has 0 aromatic heterocycles. The van der Waals surface area contributed by atoms with E-state index in [9.17, 15) is 8.78 Å². The average molecular weight is 243 g/mol. The van der Waals surface area contributed by atoms with Gasteiger partial charge in [-0.2, -0.15) is 0 Å². The highest BCUT2D eigenvalue weighted by atomic mass is 19.1. The van der Waals surface area contributed by atoms with Crippen molar-refractivity contribution in [3.05, 3.63) is 29.8 Å². The Labute approximate surface area is 98.1 Å². The second kappa shape index (κ2) is 6.67. The van der Waals surface area contributed by atoms with E-state index in [1.807, 2.05) is 0 Å². The van der Waals surface area contributed by atoms with E-state index in [4.69, 9.17) is 10.9 Å². The molecule has 1 aromatic carbocycles. The quantitative estimate of drug-likeness (QED) is 0.236. The van der Waals surface area contributed by atoms with Crippen LogP contribution in [0.25, 0.3) is 0 Å². The monoisotopic (exact) mass is 243 g/mol. The minimum atomic E-state index is -0.607. The molecule has 0 saturated carbocycles. The number of nitrogens with one attached hydrogen (secondary N) is 1. The van der Waals surface area contributed by atoms with Gasteiger partial charge in [-0.05, 0) is 25.0 Å². The van der Waals surface area contributed by atoms with Crippen LogP contribution in [0.5, 0.6) is 0 Å². The van der Waals surface area contributed by atoms with Crippen molar-refractivity contribution in [3.8, 4) is 0 Å². The Morgan fingerprint density at radius 2 is 1.88 bits per heavy atom. The summed E-state index contributed by atoms with van der Waals surface area (Å²) in [6.45, 7) is 0.571. The fourth-order valence-electron chi connectivity index (χ4n) is 1.37. The molecule has 6 heteroatoms. The van der Waals surface area contributed by atoms with Crippen molar-refractivity contribution in [3.63, 3.8) is 0 Å². The minimum absolute atomic E-state index is 0.182. The summed E-state index contributed by atoms with van der Waals surface area (Å²) in [5, 5.41) is 14.0. The van der Waals surface area contributed by atoms with Gasteiger partial charge in [0.2, 0.25) is 0 Å². The maximum absolute atomic E-state index is 12.8. The molecule has 0 fully saturated rings. The SMILES string of the molecule is NC(CCCCNc1cc(F)cc(F)c1)=NO. The summed E-state index contributed by atoms with van der Waals surface area (Å²) >= 11 is 0. The van der Waals surface area contributed by atoms with Crippen LogP contribution in [0.2, 0.25) is 0 Å². The van der Waals surface area contributed by atoms with E-state index in [1.54, 1.807) is 0 Å². The van der Waals surface area contributed by atoms with Crippen LogP contribution >= 0.6 is 0 Å². The van der Waals surface area contributed by atoms with E-state index in [-0.39, 0.29) is 5.84 Å². The van der Waals surface area contributed by atoms with Crippen molar-refractivity contribution in [2.75, 3.05) is 11.9 Å².